The molecule has 1 aliphatic heterocycles. The molecule has 0 spiro atoms. The highest BCUT2D eigenvalue weighted by molar-refractivity contribution is 8.00. The maximum Gasteiger partial charge on any atom is 0.255 e. The molecule has 2 aromatic carbocycles. The molecular weight excluding hydrogens is 376 g/mol. The number of carbonyl (C=O) groups is 1. The third-order valence-corrected chi connectivity index (χ3v) is 4.92. The summed E-state index contributed by atoms with van der Waals surface area (Å²) in [4.78, 5) is 13.4. The van der Waals surface area contributed by atoms with Crippen molar-refractivity contribution < 1.29 is 14.3 Å². The molecule has 2 heterocycles. The van der Waals surface area contributed by atoms with Crippen molar-refractivity contribution in [1.82, 2.24) is 9.78 Å². The van der Waals surface area contributed by atoms with Crippen LogP contribution in [-0.4, -0.2) is 28.9 Å². The molecule has 0 aliphatic carbocycles. The van der Waals surface area contributed by atoms with E-state index in [-0.39, 0.29) is 5.91 Å². The summed E-state index contributed by atoms with van der Waals surface area (Å²) in [6.07, 6.45) is 4.24. The number of hydrogen-bond acceptors (Lipinski definition) is 6. The van der Waals surface area contributed by atoms with Crippen molar-refractivity contribution in [1.29, 1.82) is 0 Å². The van der Waals surface area contributed by atoms with Gasteiger partial charge in [0.25, 0.3) is 5.91 Å². The first kappa shape index (κ1) is 18.2. The predicted molar refractivity (Wildman–Crippen MR) is 109 cm³/mol. The first-order chi connectivity index (χ1) is 13.7. The van der Waals surface area contributed by atoms with Gasteiger partial charge in [0.1, 0.15) is 0 Å². The summed E-state index contributed by atoms with van der Waals surface area (Å²) in [7, 11) is 1.80. The molecule has 144 valence electrons. The van der Waals surface area contributed by atoms with Crippen LogP contribution in [-0.2, 0) is 7.05 Å². The van der Waals surface area contributed by atoms with Gasteiger partial charge in [-0.3, -0.25) is 9.48 Å². The molecule has 7 nitrogen and oxygen atoms in total. The smallest absolute Gasteiger partial charge is 0.255 e. The van der Waals surface area contributed by atoms with E-state index in [2.05, 4.69) is 15.1 Å². The van der Waals surface area contributed by atoms with Crippen LogP contribution in [0.25, 0.3) is 0 Å². The highest BCUT2D eigenvalue weighted by atomic mass is 32.2. The molecule has 28 heavy (non-hydrogen) atoms. The molecule has 1 aromatic heterocycles. The lowest BCUT2D eigenvalue weighted by Crippen LogP contribution is -2.11. The normalized spacial score (nSPS) is 12.9. The van der Waals surface area contributed by atoms with Crippen LogP contribution in [0.5, 0.6) is 11.5 Å². The number of benzene rings is 2. The van der Waals surface area contributed by atoms with E-state index in [4.69, 9.17) is 9.47 Å². The summed E-state index contributed by atoms with van der Waals surface area (Å²) in [5.74, 6) is 1.35. The van der Waals surface area contributed by atoms with Crippen molar-refractivity contribution in [3.63, 3.8) is 0 Å². The Morgan fingerprint density at radius 1 is 1.11 bits per heavy atom. The van der Waals surface area contributed by atoms with Gasteiger partial charge in [0, 0.05) is 35.8 Å². The standard InChI is InChI=1S/C20H20N4O3S/c1-24-13-16(12-21-24)22-20(25)14-4-2-5-15(10-14)23-28-17-6-7-18-19(11-17)27-9-3-8-26-18/h2,4-7,10-13,23H,3,8-9H2,1H3,(H,22,25). The molecule has 0 bridgehead atoms. The topological polar surface area (TPSA) is 77.4 Å². The number of rotatable bonds is 5. The van der Waals surface area contributed by atoms with Gasteiger partial charge in [-0.1, -0.05) is 6.07 Å². The Balaban J connectivity index is 1.41. The van der Waals surface area contributed by atoms with Crippen molar-refractivity contribution in [3.05, 3.63) is 60.4 Å². The van der Waals surface area contributed by atoms with Crippen molar-refractivity contribution in [2.24, 2.45) is 7.05 Å². The summed E-state index contributed by atoms with van der Waals surface area (Å²) in [5, 5.41) is 6.88. The number of aryl methyl sites for hydroxylation is 1. The maximum absolute atomic E-state index is 12.4. The van der Waals surface area contributed by atoms with E-state index in [1.54, 1.807) is 30.2 Å². The first-order valence-electron chi connectivity index (χ1n) is 8.90. The second-order valence-electron chi connectivity index (χ2n) is 6.30. The van der Waals surface area contributed by atoms with E-state index < -0.39 is 0 Å². The highest BCUT2D eigenvalue weighted by Gasteiger charge is 2.12. The number of fused-ring (bicyclic) bond motifs is 1. The minimum atomic E-state index is -0.183. The average molecular weight is 396 g/mol. The van der Waals surface area contributed by atoms with E-state index in [0.717, 1.165) is 28.5 Å². The molecule has 0 atom stereocenters. The average Bonchev–Trinajstić information content (AvgIpc) is 2.98. The van der Waals surface area contributed by atoms with Gasteiger partial charge in [0.15, 0.2) is 11.5 Å². The Labute approximate surface area is 167 Å². The van der Waals surface area contributed by atoms with Gasteiger partial charge in [-0.15, -0.1) is 0 Å². The zero-order valence-corrected chi connectivity index (χ0v) is 16.2. The monoisotopic (exact) mass is 396 g/mol. The molecule has 0 radical (unpaired) electrons. The maximum atomic E-state index is 12.4. The molecular formula is C20H20N4O3S. The van der Waals surface area contributed by atoms with Crippen LogP contribution in [0.3, 0.4) is 0 Å². The fourth-order valence-electron chi connectivity index (χ4n) is 2.74. The number of amides is 1. The van der Waals surface area contributed by atoms with Gasteiger partial charge in [-0.25, -0.2) is 0 Å². The van der Waals surface area contributed by atoms with E-state index in [1.807, 2.05) is 36.4 Å². The molecule has 2 N–H and O–H groups in total. The Hall–Kier alpha value is -3.13. The lowest BCUT2D eigenvalue weighted by molar-refractivity contribution is 0.102. The third kappa shape index (κ3) is 4.40. The molecule has 3 aromatic rings. The van der Waals surface area contributed by atoms with Gasteiger partial charge in [-0.05, 0) is 48.3 Å². The van der Waals surface area contributed by atoms with Crippen LogP contribution in [0.15, 0.2) is 59.8 Å². The molecule has 8 heteroatoms. The molecule has 0 unspecified atom stereocenters. The van der Waals surface area contributed by atoms with Gasteiger partial charge in [-0.2, -0.15) is 5.10 Å². The van der Waals surface area contributed by atoms with Gasteiger partial charge >= 0.3 is 0 Å². The van der Waals surface area contributed by atoms with Gasteiger partial charge < -0.3 is 19.5 Å². The highest BCUT2D eigenvalue weighted by Crippen LogP contribution is 2.34. The fourth-order valence-corrected chi connectivity index (χ4v) is 3.40. The van der Waals surface area contributed by atoms with Crippen LogP contribution < -0.4 is 19.5 Å². The zero-order valence-electron chi connectivity index (χ0n) is 15.3. The minimum absolute atomic E-state index is 0.183. The van der Waals surface area contributed by atoms with E-state index in [0.29, 0.717) is 24.5 Å². The number of hydrogen-bond donors (Lipinski definition) is 2. The number of nitrogens with one attached hydrogen (secondary N) is 2. The van der Waals surface area contributed by atoms with Crippen LogP contribution in [0.2, 0.25) is 0 Å². The van der Waals surface area contributed by atoms with E-state index in [1.165, 1.54) is 11.9 Å². The van der Waals surface area contributed by atoms with Crippen molar-refractivity contribution >= 4 is 29.2 Å². The predicted octanol–water partition coefficient (Wildman–Crippen LogP) is 3.95. The third-order valence-electron chi connectivity index (χ3n) is 4.09. The number of aromatic nitrogens is 2. The molecule has 1 aliphatic rings. The van der Waals surface area contributed by atoms with E-state index in [9.17, 15) is 4.79 Å². The summed E-state index contributed by atoms with van der Waals surface area (Å²) in [5.41, 5.74) is 2.05. The lowest BCUT2D eigenvalue weighted by Gasteiger charge is -2.10. The van der Waals surface area contributed by atoms with E-state index >= 15 is 0 Å². The number of anilines is 2. The number of nitrogens with zero attached hydrogens (tertiary/aromatic N) is 2. The molecule has 0 saturated carbocycles. The van der Waals surface area contributed by atoms with Gasteiger partial charge in [0.2, 0.25) is 0 Å². The Morgan fingerprint density at radius 2 is 1.96 bits per heavy atom. The largest absolute Gasteiger partial charge is 0.490 e. The molecule has 4 rings (SSSR count). The minimum Gasteiger partial charge on any atom is -0.490 e. The Morgan fingerprint density at radius 3 is 2.79 bits per heavy atom. The first-order valence-corrected chi connectivity index (χ1v) is 9.71. The Bertz CT molecular complexity index is 989. The zero-order chi connectivity index (χ0) is 19.3. The quantitative estimate of drug-likeness (QED) is 0.636. The lowest BCUT2D eigenvalue weighted by atomic mass is 10.2. The Kier molecular flexibility index (Phi) is 5.38. The van der Waals surface area contributed by atoms with Gasteiger partial charge in [0.05, 0.1) is 25.1 Å². The molecule has 0 fully saturated rings. The van der Waals surface area contributed by atoms with Crippen LogP contribution in [0.4, 0.5) is 11.4 Å². The molecule has 0 saturated heterocycles. The van der Waals surface area contributed by atoms with Crippen molar-refractivity contribution in [2.45, 2.75) is 11.3 Å². The SMILES string of the molecule is Cn1cc(NC(=O)c2cccc(NSc3ccc4c(c3)OCCCO4)c2)cn1. The van der Waals surface area contributed by atoms with Crippen LogP contribution in [0.1, 0.15) is 16.8 Å². The van der Waals surface area contributed by atoms with Crippen LogP contribution >= 0.6 is 11.9 Å². The number of carbonyl (C=O) groups excluding carboxylic acids is 1. The summed E-state index contributed by atoms with van der Waals surface area (Å²) in [6.45, 7) is 1.33. The summed E-state index contributed by atoms with van der Waals surface area (Å²) in [6, 6.07) is 13.2. The van der Waals surface area contributed by atoms with Crippen molar-refractivity contribution in [2.75, 3.05) is 23.3 Å². The summed E-state index contributed by atoms with van der Waals surface area (Å²) < 4.78 is 16.3. The molecule has 1 amide bonds. The fraction of sp³-hybridized carbons (Fsp3) is 0.200. The number of ether oxygens (including phenoxy) is 2. The van der Waals surface area contributed by atoms with Crippen LogP contribution in [0, 0.1) is 0 Å². The van der Waals surface area contributed by atoms with Crippen molar-refractivity contribution in [3.8, 4) is 11.5 Å². The second kappa shape index (κ2) is 8.26. The summed E-state index contributed by atoms with van der Waals surface area (Å²) >= 11 is 1.45. The second-order valence-corrected chi connectivity index (χ2v) is 7.18.